The summed E-state index contributed by atoms with van der Waals surface area (Å²) in [6, 6.07) is 8.80. The number of alkyl halides is 1. The third-order valence-electron chi connectivity index (χ3n) is 4.21. The molecule has 0 N–H and O–H groups in total. The number of aromatic nitrogens is 1. The normalized spacial score (nSPS) is 17.0. The van der Waals surface area contributed by atoms with Crippen LogP contribution in [0.2, 0.25) is 0 Å². The van der Waals surface area contributed by atoms with Crippen LogP contribution in [0, 0.1) is 0 Å². The molecule has 0 spiro atoms. The Morgan fingerprint density at radius 3 is 2.36 bits per heavy atom. The Labute approximate surface area is 141 Å². The minimum Gasteiger partial charge on any atom is -0.301 e. The van der Waals surface area contributed by atoms with E-state index in [9.17, 15) is 0 Å². The predicted octanol–water partition coefficient (Wildman–Crippen LogP) is 3.69. The maximum Gasteiger partial charge on any atom is 0.123 e. The van der Waals surface area contributed by atoms with Gasteiger partial charge in [0.2, 0.25) is 0 Å². The van der Waals surface area contributed by atoms with Crippen LogP contribution in [-0.2, 0) is 12.4 Å². The first-order valence-electron chi connectivity index (χ1n) is 7.83. The van der Waals surface area contributed by atoms with Gasteiger partial charge in [-0.05, 0) is 12.1 Å². The van der Waals surface area contributed by atoms with Crippen LogP contribution in [0.1, 0.15) is 18.2 Å². The summed E-state index contributed by atoms with van der Waals surface area (Å²) < 4.78 is 0. The van der Waals surface area contributed by atoms with Gasteiger partial charge in [0.15, 0.2) is 0 Å². The first kappa shape index (κ1) is 15.9. The third-order valence-corrected chi connectivity index (χ3v) is 5.42. The van der Waals surface area contributed by atoms with Crippen LogP contribution in [0.15, 0.2) is 29.6 Å². The molecule has 2 heterocycles. The van der Waals surface area contributed by atoms with E-state index in [4.69, 9.17) is 11.6 Å². The van der Waals surface area contributed by atoms with E-state index < -0.39 is 0 Å². The molecule has 118 valence electrons. The van der Waals surface area contributed by atoms with E-state index >= 15 is 0 Å². The van der Waals surface area contributed by atoms with Crippen LogP contribution in [0.5, 0.6) is 0 Å². The molecule has 5 heteroatoms. The van der Waals surface area contributed by atoms with Crippen LogP contribution >= 0.6 is 22.9 Å². The number of rotatable bonds is 5. The van der Waals surface area contributed by atoms with E-state index in [-0.39, 0.29) is 0 Å². The van der Waals surface area contributed by atoms with Crippen molar-refractivity contribution < 1.29 is 0 Å². The quantitative estimate of drug-likeness (QED) is 0.777. The molecule has 2 aromatic rings. The molecule has 3 nitrogen and oxygen atoms in total. The van der Waals surface area contributed by atoms with E-state index in [2.05, 4.69) is 46.0 Å². The van der Waals surface area contributed by atoms with Crippen LogP contribution < -0.4 is 0 Å². The first-order chi connectivity index (χ1) is 10.8. The standard InChI is InChI=1S/C17H22ClN3S/c1-2-20-7-9-21(10-8-20)12-14-3-5-15(6-4-14)17-19-16(11-18)13-22-17/h3-6,13H,2,7-12H2,1H3. The lowest BCUT2D eigenvalue weighted by atomic mass is 10.1. The molecule has 0 saturated carbocycles. The molecule has 1 aliphatic rings. The van der Waals surface area contributed by atoms with Gasteiger partial charge in [0.05, 0.1) is 11.6 Å². The summed E-state index contributed by atoms with van der Waals surface area (Å²) >= 11 is 7.48. The van der Waals surface area contributed by atoms with Gasteiger partial charge in [0.1, 0.15) is 5.01 Å². The lowest BCUT2D eigenvalue weighted by Crippen LogP contribution is -2.45. The summed E-state index contributed by atoms with van der Waals surface area (Å²) in [6.45, 7) is 9.16. The van der Waals surface area contributed by atoms with Crippen molar-refractivity contribution in [1.29, 1.82) is 0 Å². The Hall–Kier alpha value is -0.940. The van der Waals surface area contributed by atoms with E-state index in [1.165, 1.54) is 43.9 Å². The lowest BCUT2D eigenvalue weighted by molar-refractivity contribution is 0.132. The number of benzene rings is 1. The molecule has 1 aromatic heterocycles. The molecular formula is C17H22ClN3S. The third kappa shape index (κ3) is 3.87. The number of hydrogen-bond acceptors (Lipinski definition) is 4. The number of hydrogen-bond donors (Lipinski definition) is 0. The molecule has 1 aromatic carbocycles. The monoisotopic (exact) mass is 335 g/mol. The van der Waals surface area contributed by atoms with Gasteiger partial charge in [-0.1, -0.05) is 31.2 Å². The van der Waals surface area contributed by atoms with Gasteiger partial charge in [-0.15, -0.1) is 22.9 Å². The Bertz CT molecular complexity index is 588. The summed E-state index contributed by atoms with van der Waals surface area (Å²) in [6.07, 6.45) is 0. The van der Waals surface area contributed by atoms with E-state index in [1.807, 2.05) is 5.38 Å². The first-order valence-corrected chi connectivity index (χ1v) is 9.24. The molecule has 22 heavy (non-hydrogen) atoms. The van der Waals surface area contributed by atoms with Crippen molar-refractivity contribution >= 4 is 22.9 Å². The highest BCUT2D eigenvalue weighted by atomic mass is 35.5. The second-order valence-corrected chi connectivity index (χ2v) is 6.81. The second-order valence-electron chi connectivity index (χ2n) is 5.68. The highest BCUT2D eigenvalue weighted by molar-refractivity contribution is 7.13. The molecule has 0 unspecified atom stereocenters. The maximum atomic E-state index is 5.82. The summed E-state index contributed by atoms with van der Waals surface area (Å²) in [5, 5.41) is 3.09. The van der Waals surface area contributed by atoms with Crippen LogP contribution in [-0.4, -0.2) is 47.5 Å². The molecule has 1 fully saturated rings. The fourth-order valence-electron chi connectivity index (χ4n) is 2.78. The largest absolute Gasteiger partial charge is 0.301 e. The molecule has 0 bridgehead atoms. The van der Waals surface area contributed by atoms with E-state index in [0.29, 0.717) is 5.88 Å². The highest BCUT2D eigenvalue weighted by Gasteiger charge is 2.15. The minimum absolute atomic E-state index is 0.484. The molecule has 1 aliphatic heterocycles. The Morgan fingerprint density at radius 2 is 1.77 bits per heavy atom. The lowest BCUT2D eigenvalue weighted by Gasteiger charge is -2.34. The van der Waals surface area contributed by atoms with E-state index in [0.717, 1.165) is 17.2 Å². The van der Waals surface area contributed by atoms with Gasteiger partial charge in [0.25, 0.3) is 0 Å². The smallest absolute Gasteiger partial charge is 0.123 e. The molecule has 3 rings (SSSR count). The topological polar surface area (TPSA) is 19.4 Å². The van der Waals surface area contributed by atoms with Gasteiger partial charge in [-0.25, -0.2) is 4.98 Å². The summed E-state index contributed by atoms with van der Waals surface area (Å²) in [5.74, 6) is 0.484. The SMILES string of the molecule is CCN1CCN(Cc2ccc(-c3nc(CCl)cs3)cc2)CC1. The number of thiazole rings is 1. The van der Waals surface area contributed by atoms with E-state index in [1.54, 1.807) is 11.3 Å². The van der Waals surface area contributed by atoms with Crippen molar-refractivity contribution in [1.82, 2.24) is 14.8 Å². The fourth-order valence-corrected chi connectivity index (χ4v) is 3.83. The van der Waals surface area contributed by atoms with Gasteiger partial charge < -0.3 is 4.90 Å². The van der Waals surface area contributed by atoms with Crippen molar-refractivity contribution in [3.63, 3.8) is 0 Å². The van der Waals surface area contributed by atoms with Crippen molar-refractivity contribution in [3.05, 3.63) is 40.9 Å². The summed E-state index contributed by atoms with van der Waals surface area (Å²) in [7, 11) is 0. The predicted molar refractivity (Wildman–Crippen MR) is 94.5 cm³/mol. The Balaban J connectivity index is 1.60. The van der Waals surface area contributed by atoms with Gasteiger partial charge >= 0.3 is 0 Å². The van der Waals surface area contributed by atoms with Crippen LogP contribution in [0.3, 0.4) is 0 Å². The average Bonchev–Trinajstić information content (AvgIpc) is 3.05. The van der Waals surface area contributed by atoms with Gasteiger partial charge in [-0.3, -0.25) is 4.90 Å². The molecule has 0 aliphatic carbocycles. The zero-order valence-electron chi connectivity index (χ0n) is 13.0. The summed E-state index contributed by atoms with van der Waals surface area (Å²) in [4.78, 5) is 9.58. The Morgan fingerprint density at radius 1 is 1.09 bits per heavy atom. The number of piperazine rings is 1. The fraction of sp³-hybridized carbons (Fsp3) is 0.471. The minimum atomic E-state index is 0.484. The molecule has 0 radical (unpaired) electrons. The zero-order chi connectivity index (χ0) is 15.4. The molecule has 1 saturated heterocycles. The van der Waals surface area contributed by atoms with Crippen LogP contribution in [0.4, 0.5) is 0 Å². The van der Waals surface area contributed by atoms with Crippen molar-refractivity contribution in [3.8, 4) is 10.6 Å². The van der Waals surface area contributed by atoms with Crippen molar-refractivity contribution in [2.24, 2.45) is 0 Å². The van der Waals surface area contributed by atoms with Gasteiger partial charge in [0, 0.05) is 43.7 Å². The Kier molecular flexibility index (Phi) is 5.47. The molecular weight excluding hydrogens is 314 g/mol. The van der Waals surface area contributed by atoms with Crippen LogP contribution in [0.25, 0.3) is 10.6 Å². The summed E-state index contributed by atoms with van der Waals surface area (Å²) in [5.41, 5.74) is 3.52. The second kappa shape index (κ2) is 7.55. The highest BCUT2D eigenvalue weighted by Crippen LogP contribution is 2.25. The van der Waals surface area contributed by atoms with Gasteiger partial charge in [-0.2, -0.15) is 0 Å². The number of likely N-dealkylation sites (N-methyl/N-ethyl adjacent to an activating group) is 1. The van der Waals surface area contributed by atoms with Crippen molar-refractivity contribution in [2.75, 3.05) is 32.7 Å². The molecule has 0 atom stereocenters. The van der Waals surface area contributed by atoms with Crippen molar-refractivity contribution in [2.45, 2.75) is 19.3 Å². The zero-order valence-corrected chi connectivity index (χ0v) is 14.5. The number of halogens is 1. The molecule has 0 amide bonds. The maximum absolute atomic E-state index is 5.82. The average molecular weight is 336 g/mol. The number of nitrogens with zero attached hydrogens (tertiary/aromatic N) is 3.